The molecule has 0 bridgehead atoms. The molecule has 1 aromatic carbocycles. The van der Waals surface area contributed by atoms with Crippen LogP contribution in [-0.4, -0.2) is 11.3 Å². The van der Waals surface area contributed by atoms with Crippen molar-refractivity contribution in [2.75, 3.05) is 0 Å². The Labute approximate surface area is 97.7 Å². The predicted octanol–water partition coefficient (Wildman–Crippen LogP) is 3.31. The number of rotatable bonds is 2. The number of aldehydes is 1. The molecule has 0 spiro atoms. The van der Waals surface area contributed by atoms with Crippen LogP contribution in [0, 0.1) is 0 Å². The van der Waals surface area contributed by atoms with Gasteiger partial charge in [-0.15, -0.1) is 0 Å². The summed E-state index contributed by atoms with van der Waals surface area (Å²) in [6, 6.07) is 12.9. The van der Waals surface area contributed by atoms with Gasteiger partial charge in [-0.1, -0.05) is 24.3 Å². The first-order valence-electron chi connectivity index (χ1n) is 5.27. The van der Waals surface area contributed by atoms with Crippen LogP contribution >= 0.6 is 0 Å². The third kappa shape index (κ3) is 1.61. The van der Waals surface area contributed by atoms with Crippen molar-refractivity contribution in [2.45, 2.75) is 0 Å². The molecule has 3 heteroatoms. The van der Waals surface area contributed by atoms with Crippen LogP contribution in [0.5, 0.6) is 0 Å². The van der Waals surface area contributed by atoms with E-state index in [0.29, 0.717) is 11.3 Å². The molecule has 2 heterocycles. The largest absolute Gasteiger partial charge is 0.454 e. The molecule has 0 fully saturated rings. The fourth-order valence-electron chi connectivity index (χ4n) is 1.83. The second-order valence-corrected chi connectivity index (χ2v) is 3.70. The number of nitrogens with zero attached hydrogens (tertiary/aromatic N) is 1. The molecule has 0 aliphatic carbocycles. The Morgan fingerprint density at radius 2 is 2.00 bits per heavy atom. The SMILES string of the molecule is O=Cc1ccccc1-c1cc2ncccc2o1. The lowest BCUT2D eigenvalue weighted by Crippen LogP contribution is -1.84. The summed E-state index contributed by atoms with van der Waals surface area (Å²) in [5.41, 5.74) is 2.93. The van der Waals surface area contributed by atoms with Crippen LogP contribution in [0.4, 0.5) is 0 Å². The maximum atomic E-state index is 11.0. The third-order valence-corrected chi connectivity index (χ3v) is 2.64. The van der Waals surface area contributed by atoms with E-state index in [1.165, 1.54) is 0 Å². The van der Waals surface area contributed by atoms with Gasteiger partial charge in [0.05, 0.1) is 0 Å². The van der Waals surface area contributed by atoms with Crippen molar-refractivity contribution in [2.24, 2.45) is 0 Å². The normalized spacial score (nSPS) is 10.6. The van der Waals surface area contributed by atoms with E-state index in [4.69, 9.17) is 4.42 Å². The van der Waals surface area contributed by atoms with E-state index < -0.39 is 0 Å². The summed E-state index contributed by atoms with van der Waals surface area (Å²) in [5, 5.41) is 0. The maximum absolute atomic E-state index is 11.0. The molecule has 3 aromatic rings. The highest BCUT2D eigenvalue weighted by molar-refractivity contribution is 5.88. The summed E-state index contributed by atoms with van der Waals surface area (Å²) >= 11 is 0. The van der Waals surface area contributed by atoms with Crippen LogP contribution in [0.15, 0.2) is 53.1 Å². The Bertz CT molecular complexity index is 652. The number of hydrogen-bond acceptors (Lipinski definition) is 3. The molecule has 3 rings (SSSR count). The molecule has 0 saturated carbocycles. The Kier molecular flexibility index (Phi) is 2.22. The Hall–Kier alpha value is -2.42. The molecule has 3 nitrogen and oxygen atoms in total. The van der Waals surface area contributed by atoms with Crippen LogP contribution in [0.25, 0.3) is 22.4 Å². The Balaban J connectivity index is 2.23. The van der Waals surface area contributed by atoms with E-state index in [0.717, 1.165) is 22.9 Å². The average Bonchev–Trinajstić information content (AvgIpc) is 2.82. The monoisotopic (exact) mass is 223 g/mol. The minimum atomic E-state index is 0.617. The van der Waals surface area contributed by atoms with Gasteiger partial charge < -0.3 is 4.42 Å². The topological polar surface area (TPSA) is 43.1 Å². The summed E-state index contributed by atoms with van der Waals surface area (Å²) < 4.78 is 5.68. The lowest BCUT2D eigenvalue weighted by molar-refractivity contribution is 0.112. The minimum Gasteiger partial charge on any atom is -0.454 e. The fourth-order valence-corrected chi connectivity index (χ4v) is 1.83. The van der Waals surface area contributed by atoms with E-state index in [1.54, 1.807) is 12.3 Å². The Morgan fingerprint density at radius 3 is 2.82 bits per heavy atom. The number of fused-ring (bicyclic) bond motifs is 1. The zero-order valence-corrected chi connectivity index (χ0v) is 8.96. The van der Waals surface area contributed by atoms with Crippen molar-refractivity contribution in [1.82, 2.24) is 4.98 Å². The molecular formula is C14H9NO2. The van der Waals surface area contributed by atoms with E-state index in [9.17, 15) is 4.79 Å². The van der Waals surface area contributed by atoms with Crippen LogP contribution in [-0.2, 0) is 0 Å². The molecule has 0 atom stereocenters. The number of hydrogen-bond donors (Lipinski definition) is 0. The van der Waals surface area contributed by atoms with Gasteiger partial charge in [-0.3, -0.25) is 9.78 Å². The first-order chi connectivity index (χ1) is 8.38. The summed E-state index contributed by atoms with van der Waals surface area (Å²) in [6.45, 7) is 0. The van der Waals surface area contributed by atoms with Gasteiger partial charge in [0.2, 0.25) is 0 Å². The smallest absolute Gasteiger partial charge is 0.153 e. The van der Waals surface area contributed by atoms with Gasteiger partial charge in [-0.05, 0) is 12.1 Å². The first-order valence-corrected chi connectivity index (χ1v) is 5.27. The van der Waals surface area contributed by atoms with Crippen LogP contribution in [0.3, 0.4) is 0 Å². The van der Waals surface area contributed by atoms with Crippen molar-refractivity contribution < 1.29 is 9.21 Å². The molecule has 0 unspecified atom stereocenters. The lowest BCUT2D eigenvalue weighted by atomic mass is 10.1. The number of aromatic nitrogens is 1. The van der Waals surface area contributed by atoms with Crippen LogP contribution in [0.1, 0.15) is 10.4 Å². The predicted molar refractivity (Wildman–Crippen MR) is 64.8 cm³/mol. The van der Waals surface area contributed by atoms with Crippen LogP contribution in [0.2, 0.25) is 0 Å². The molecular weight excluding hydrogens is 214 g/mol. The van der Waals surface area contributed by atoms with Gasteiger partial charge in [0.1, 0.15) is 11.3 Å². The van der Waals surface area contributed by atoms with Crippen molar-refractivity contribution in [3.63, 3.8) is 0 Å². The molecule has 0 saturated heterocycles. The summed E-state index contributed by atoms with van der Waals surface area (Å²) in [4.78, 5) is 15.2. The molecule has 2 aromatic heterocycles. The minimum absolute atomic E-state index is 0.617. The number of carbonyl (C=O) groups is 1. The number of carbonyl (C=O) groups excluding carboxylic acids is 1. The first kappa shape index (κ1) is 9.78. The molecule has 0 aliphatic rings. The van der Waals surface area contributed by atoms with Gasteiger partial charge >= 0.3 is 0 Å². The van der Waals surface area contributed by atoms with Crippen molar-refractivity contribution in [3.8, 4) is 11.3 Å². The molecule has 0 aliphatic heterocycles. The summed E-state index contributed by atoms with van der Waals surface area (Å²) in [6.07, 6.45) is 2.54. The van der Waals surface area contributed by atoms with Crippen molar-refractivity contribution in [3.05, 3.63) is 54.2 Å². The highest BCUT2D eigenvalue weighted by Crippen LogP contribution is 2.28. The number of benzene rings is 1. The second-order valence-electron chi connectivity index (χ2n) is 3.70. The molecule has 82 valence electrons. The zero-order chi connectivity index (χ0) is 11.7. The van der Waals surface area contributed by atoms with Crippen LogP contribution < -0.4 is 0 Å². The quantitative estimate of drug-likeness (QED) is 0.626. The molecule has 0 N–H and O–H groups in total. The molecule has 17 heavy (non-hydrogen) atoms. The highest BCUT2D eigenvalue weighted by atomic mass is 16.3. The fraction of sp³-hybridized carbons (Fsp3) is 0. The summed E-state index contributed by atoms with van der Waals surface area (Å²) in [5.74, 6) is 0.668. The Morgan fingerprint density at radius 1 is 1.12 bits per heavy atom. The van der Waals surface area contributed by atoms with Gasteiger partial charge in [-0.2, -0.15) is 0 Å². The van der Waals surface area contributed by atoms with Crippen molar-refractivity contribution >= 4 is 17.4 Å². The lowest BCUT2D eigenvalue weighted by Gasteiger charge is -1.99. The molecule has 0 radical (unpaired) electrons. The van der Waals surface area contributed by atoms with E-state index in [1.807, 2.05) is 36.4 Å². The van der Waals surface area contributed by atoms with Gasteiger partial charge in [-0.25, -0.2) is 0 Å². The van der Waals surface area contributed by atoms with Gasteiger partial charge in [0, 0.05) is 23.4 Å². The van der Waals surface area contributed by atoms with Crippen molar-refractivity contribution in [1.29, 1.82) is 0 Å². The standard InChI is InChI=1S/C14H9NO2/c16-9-10-4-1-2-5-11(10)14-8-12-13(17-14)6-3-7-15-12/h1-9H. The molecule has 0 amide bonds. The van der Waals surface area contributed by atoms with E-state index in [-0.39, 0.29) is 0 Å². The van der Waals surface area contributed by atoms with Gasteiger partial charge in [0.25, 0.3) is 0 Å². The average molecular weight is 223 g/mol. The summed E-state index contributed by atoms with van der Waals surface area (Å²) in [7, 11) is 0. The number of furan rings is 1. The highest BCUT2D eigenvalue weighted by Gasteiger charge is 2.09. The second kappa shape index (κ2) is 3.87. The number of pyridine rings is 1. The zero-order valence-electron chi connectivity index (χ0n) is 8.96. The van der Waals surface area contributed by atoms with E-state index >= 15 is 0 Å². The maximum Gasteiger partial charge on any atom is 0.153 e. The third-order valence-electron chi connectivity index (χ3n) is 2.64. The van der Waals surface area contributed by atoms with E-state index in [2.05, 4.69) is 4.98 Å². The van der Waals surface area contributed by atoms with Gasteiger partial charge in [0.15, 0.2) is 11.9 Å².